The van der Waals surface area contributed by atoms with Crippen LogP contribution >= 0.6 is 11.6 Å². The molecule has 2 heterocycles. The molecule has 0 saturated carbocycles. The molecule has 0 spiro atoms. The maximum Gasteiger partial charge on any atom is 0.130 e. The molecule has 1 saturated heterocycles. The minimum absolute atomic E-state index is 0.0264. The average Bonchev–Trinajstić information content (AvgIpc) is 2.36. The molecule has 0 aliphatic carbocycles. The highest BCUT2D eigenvalue weighted by Crippen LogP contribution is 2.33. The van der Waals surface area contributed by atoms with E-state index in [2.05, 4.69) is 17.2 Å². The van der Waals surface area contributed by atoms with Crippen LogP contribution < -0.4 is 5.32 Å². The van der Waals surface area contributed by atoms with Crippen LogP contribution in [0.5, 0.6) is 0 Å². The third-order valence-corrected chi connectivity index (χ3v) is 3.90. The summed E-state index contributed by atoms with van der Waals surface area (Å²) in [5.74, 6) is -0.251. The molecule has 1 aromatic heterocycles. The Hall–Kier alpha value is -1.45. The third-order valence-electron chi connectivity index (χ3n) is 3.71. The summed E-state index contributed by atoms with van der Waals surface area (Å²) in [5, 5.41) is 3.87. The average molecular weight is 277 g/mol. The van der Waals surface area contributed by atoms with Crippen LogP contribution in [0.4, 0.5) is 4.39 Å². The number of hydrogen-bond donors (Lipinski definition) is 1. The molecule has 0 radical (unpaired) electrons. The topological polar surface area (TPSA) is 24.9 Å². The predicted octanol–water partition coefficient (Wildman–Crippen LogP) is 3.75. The van der Waals surface area contributed by atoms with Gasteiger partial charge in [-0.05, 0) is 61.9 Å². The fraction of sp³-hybridized carbons (Fsp3) is 0.267. The zero-order valence-corrected chi connectivity index (χ0v) is 11.3. The molecule has 98 valence electrons. The largest absolute Gasteiger partial charge is 0.307 e. The van der Waals surface area contributed by atoms with Gasteiger partial charge < -0.3 is 5.32 Å². The minimum Gasteiger partial charge on any atom is -0.307 e. The number of rotatable bonds is 2. The summed E-state index contributed by atoms with van der Waals surface area (Å²) in [7, 11) is 0. The van der Waals surface area contributed by atoms with E-state index in [1.54, 1.807) is 12.1 Å². The number of pyridine rings is 1. The molecule has 19 heavy (non-hydrogen) atoms. The van der Waals surface area contributed by atoms with E-state index in [9.17, 15) is 4.39 Å². The quantitative estimate of drug-likeness (QED) is 0.845. The van der Waals surface area contributed by atoms with Gasteiger partial charge in [-0.2, -0.15) is 0 Å². The lowest BCUT2D eigenvalue weighted by molar-refractivity contribution is 0.237. The van der Waals surface area contributed by atoms with Gasteiger partial charge in [0.1, 0.15) is 11.0 Å². The number of benzene rings is 1. The Morgan fingerprint density at radius 1 is 1.26 bits per heavy atom. The lowest BCUT2D eigenvalue weighted by Crippen LogP contribution is -2.51. The van der Waals surface area contributed by atoms with Crippen molar-refractivity contribution in [2.45, 2.75) is 18.9 Å². The third kappa shape index (κ3) is 2.36. The zero-order valence-electron chi connectivity index (χ0n) is 10.6. The van der Waals surface area contributed by atoms with Crippen molar-refractivity contribution in [3.05, 3.63) is 52.9 Å². The van der Waals surface area contributed by atoms with E-state index in [1.165, 1.54) is 12.1 Å². The van der Waals surface area contributed by atoms with Crippen LogP contribution in [-0.4, -0.2) is 11.5 Å². The van der Waals surface area contributed by atoms with Crippen molar-refractivity contribution >= 4 is 11.6 Å². The number of aromatic nitrogens is 1. The van der Waals surface area contributed by atoms with E-state index in [-0.39, 0.29) is 11.4 Å². The van der Waals surface area contributed by atoms with Gasteiger partial charge in [-0.1, -0.05) is 11.6 Å². The second kappa shape index (κ2) is 4.58. The normalized spacial score (nSPS) is 22.1. The summed E-state index contributed by atoms with van der Waals surface area (Å²) in [6.07, 6.45) is 1.08. The molecule has 1 aliphatic heterocycles. The Morgan fingerprint density at radius 2 is 1.95 bits per heavy atom. The molecule has 1 aromatic carbocycles. The SMILES string of the molecule is CC1(c2cc(Cl)nc(-c3ccc(F)cc3)c2)CCN1. The standard InChI is InChI=1S/C15H14ClFN2/c1-15(6-7-18-15)11-8-13(19-14(16)9-11)10-2-4-12(17)5-3-10/h2-5,8-9,18H,6-7H2,1H3. The molecule has 4 heteroatoms. The van der Waals surface area contributed by atoms with Gasteiger partial charge in [0.2, 0.25) is 0 Å². The van der Waals surface area contributed by atoms with Crippen molar-refractivity contribution in [3.8, 4) is 11.3 Å². The van der Waals surface area contributed by atoms with E-state index in [0.29, 0.717) is 5.15 Å². The fourth-order valence-electron chi connectivity index (χ4n) is 2.33. The van der Waals surface area contributed by atoms with Gasteiger partial charge in [0.15, 0.2) is 0 Å². The van der Waals surface area contributed by atoms with Gasteiger partial charge in [-0.25, -0.2) is 9.37 Å². The highest BCUT2D eigenvalue weighted by atomic mass is 35.5. The van der Waals surface area contributed by atoms with Crippen LogP contribution in [0.3, 0.4) is 0 Å². The minimum atomic E-state index is -0.251. The fourth-order valence-corrected chi connectivity index (χ4v) is 2.54. The van der Waals surface area contributed by atoms with Gasteiger partial charge in [-0.3, -0.25) is 0 Å². The summed E-state index contributed by atoms with van der Waals surface area (Å²) in [6.45, 7) is 3.17. The molecule has 2 nitrogen and oxygen atoms in total. The summed E-state index contributed by atoms with van der Waals surface area (Å²) < 4.78 is 13.0. The van der Waals surface area contributed by atoms with Crippen LogP contribution in [0.2, 0.25) is 5.15 Å². The van der Waals surface area contributed by atoms with Gasteiger partial charge in [0, 0.05) is 11.1 Å². The second-order valence-electron chi connectivity index (χ2n) is 5.08. The Bertz CT molecular complexity index is 606. The first-order valence-corrected chi connectivity index (χ1v) is 6.64. The first-order valence-electron chi connectivity index (χ1n) is 6.26. The molecule has 0 amide bonds. The zero-order chi connectivity index (χ0) is 13.5. The Kier molecular flexibility index (Phi) is 3.03. The maximum atomic E-state index is 13.0. The molecule has 1 atom stereocenters. The number of halogens is 2. The van der Waals surface area contributed by atoms with Gasteiger partial charge in [0.05, 0.1) is 5.69 Å². The van der Waals surface area contributed by atoms with E-state index in [4.69, 9.17) is 11.6 Å². The highest BCUT2D eigenvalue weighted by Gasteiger charge is 2.33. The number of nitrogens with zero attached hydrogens (tertiary/aromatic N) is 1. The summed E-state index contributed by atoms with van der Waals surface area (Å²) in [5.41, 5.74) is 2.74. The van der Waals surface area contributed by atoms with Crippen molar-refractivity contribution in [2.75, 3.05) is 6.54 Å². The van der Waals surface area contributed by atoms with Crippen LogP contribution in [0.15, 0.2) is 36.4 Å². The van der Waals surface area contributed by atoms with Crippen molar-refractivity contribution in [3.63, 3.8) is 0 Å². The number of hydrogen-bond acceptors (Lipinski definition) is 2. The van der Waals surface area contributed by atoms with Crippen LogP contribution in [0.25, 0.3) is 11.3 Å². The lowest BCUT2D eigenvalue weighted by Gasteiger charge is -2.40. The monoisotopic (exact) mass is 276 g/mol. The van der Waals surface area contributed by atoms with Gasteiger partial charge in [-0.15, -0.1) is 0 Å². The first kappa shape index (κ1) is 12.6. The van der Waals surface area contributed by atoms with Crippen LogP contribution in [0, 0.1) is 5.82 Å². The summed E-state index contributed by atoms with van der Waals surface area (Å²) in [4.78, 5) is 4.32. The van der Waals surface area contributed by atoms with Crippen molar-refractivity contribution in [1.29, 1.82) is 0 Å². The van der Waals surface area contributed by atoms with Crippen molar-refractivity contribution < 1.29 is 4.39 Å². The molecule has 1 fully saturated rings. The summed E-state index contributed by atoms with van der Waals surface area (Å²) >= 11 is 6.11. The van der Waals surface area contributed by atoms with Crippen LogP contribution in [-0.2, 0) is 5.54 Å². The smallest absolute Gasteiger partial charge is 0.130 e. The van der Waals surface area contributed by atoms with Gasteiger partial charge >= 0.3 is 0 Å². The maximum absolute atomic E-state index is 13.0. The van der Waals surface area contributed by atoms with Gasteiger partial charge in [0.25, 0.3) is 0 Å². The van der Waals surface area contributed by atoms with Crippen molar-refractivity contribution in [2.24, 2.45) is 0 Å². The predicted molar refractivity (Wildman–Crippen MR) is 74.6 cm³/mol. The van der Waals surface area contributed by atoms with Crippen molar-refractivity contribution in [1.82, 2.24) is 10.3 Å². The highest BCUT2D eigenvalue weighted by molar-refractivity contribution is 6.29. The van der Waals surface area contributed by atoms with E-state index < -0.39 is 0 Å². The lowest BCUT2D eigenvalue weighted by atomic mass is 9.83. The Balaban J connectivity index is 2.04. The first-order chi connectivity index (χ1) is 9.07. The van der Waals surface area contributed by atoms with E-state index in [1.807, 2.05) is 12.1 Å². The molecular formula is C15H14ClFN2. The summed E-state index contributed by atoms with van der Waals surface area (Å²) in [6, 6.07) is 10.2. The Labute approximate surface area is 116 Å². The molecule has 1 unspecified atom stereocenters. The van der Waals surface area contributed by atoms with E-state index in [0.717, 1.165) is 29.8 Å². The van der Waals surface area contributed by atoms with E-state index >= 15 is 0 Å². The molecule has 1 aliphatic rings. The Morgan fingerprint density at radius 3 is 2.53 bits per heavy atom. The molecule has 2 aromatic rings. The molecular weight excluding hydrogens is 263 g/mol. The number of nitrogens with one attached hydrogen (secondary N) is 1. The molecule has 0 bridgehead atoms. The van der Waals surface area contributed by atoms with Crippen LogP contribution in [0.1, 0.15) is 18.9 Å². The molecule has 3 rings (SSSR count). The second-order valence-corrected chi connectivity index (χ2v) is 5.47. The molecule has 1 N–H and O–H groups in total.